The van der Waals surface area contributed by atoms with Crippen molar-refractivity contribution in [2.45, 2.75) is 75.4 Å². The van der Waals surface area contributed by atoms with Crippen LogP contribution in [0.3, 0.4) is 0 Å². The van der Waals surface area contributed by atoms with Crippen molar-refractivity contribution < 1.29 is 26.8 Å². The Kier molecular flexibility index (Phi) is 6.46. The van der Waals surface area contributed by atoms with Gasteiger partial charge < -0.3 is 14.0 Å². The second kappa shape index (κ2) is 8.96. The Labute approximate surface area is 182 Å². The highest BCUT2D eigenvalue weighted by Gasteiger charge is 2.38. The summed E-state index contributed by atoms with van der Waals surface area (Å²) in [5.74, 6) is -0.382. The van der Waals surface area contributed by atoms with E-state index in [1.807, 2.05) is 6.92 Å². The third-order valence-corrected chi connectivity index (χ3v) is 7.03. The summed E-state index contributed by atoms with van der Waals surface area (Å²) < 4.78 is 54.7. The van der Waals surface area contributed by atoms with E-state index in [1.54, 1.807) is 6.07 Å². The molecule has 1 spiro atoms. The molecule has 2 aromatic rings. The van der Waals surface area contributed by atoms with E-state index in [-0.39, 0.29) is 34.9 Å². The molecule has 1 saturated heterocycles. The number of rotatable bonds is 6. The highest BCUT2D eigenvalue weighted by molar-refractivity contribution is 7.89. The van der Waals surface area contributed by atoms with Crippen molar-refractivity contribution in [2.24, 2.45) is 0 Å². The standard InChI is InChI=1S/C22H29FN2O5S/c1-15(29-18-7-10-22(11-8-18)9-3-4-12-28-22)21-24-20(25-30-21)16-5-6-17(19(23)13-16)14-31(2,26)27/h5-6,13,15,18H,3-4,7-12,14H2,1-2H3. The Morgan fingerprint density at radius 2 is 2.03 bits per heavy atom. The molecule has 1 aliphatic carbocycles. The maximum atomic E-state index is 14.3. The molecule has 4 rings (SSSR count). The van der Waals surface area contributed by atoms with Gasteiger partial charge in [-0.1, -0.05) is 17.3 Å². The van der Waals surface area contributed by atoms with Crippen LogP contribution in [0.5, 0.6) is 0 Å². The van der Waals surface area contributed by atoms with Crippen LogP contribution in [0.15, 0.2) is 22.7 Å². The van der Waals surface area contributed by atoms with Crippen molar-refractivity contribution in [3.05, 3.63) is 35.5 Å². The van der Waals surface area contributed by atoms with Gasteiger partial charge in [-0.2, -0.15) is 4.98 Å². The second-order valence-electron chi connectivity index (χ2n) is 8.80. The van der Waals surface area contributed by atoms with Gasteiger partial charge in [0, 0.05) is 24.0 Å². The fourth-order valence-corrected chi connectivity index (χ4v) is 5.31. The van der Waals surface area contributed by atoms with E-state index in [0.29, 0.717) is 11.5 Å². The average molecular weight is 453 g/mol. The molecule has 2 fully saturated rings. The molecule has 9 heteroatoms. The number of hydrogen-bond donors (Lipinski definition) is 0. The molecule has 0 bridgehead atoms. The molecule has 1 aromatic heterocycles. The van der Waals surface area contributed by atoms with Gasteiger partial charge in [0.05, 0.1) is 17.5 Å². The first-order chi connectivity index (χ1) is 14.7. The van der Waals surface area contributed by atoms with Gasteiger partial charge in [-0.05, 0) is 57.9 Å². The molecule has 1 saturated carbocycles. The zero-order valence-electron chi connectivity index (χ0n) is 18.0. The Hall–Kier alpha value is -1.84. The van der Waals surface area contributed by atoms with Crippen LogP contribution in [0.25, 0.3) is 11.4 Å². The molecule has 0 radical (unpaired) electrons. The van der Waals surface area contributed by atoms with Crippen LogP contribution in [0.4, 0.5) is 4.39 Å². The first-order valence-corrected chi connectivity index (χ1v) is 12.9. The molecular formula is C22H29FN2O5S. The number of ether oxygens (including phenoxy) is 2. The minimum Gasteiger partial charge on any atom is -0.375 e. The van der Waals surface area contributed by atoms with Crippen LogP contribution < -0.4 is 0 Å². The van der Waals surface area contributed by atoms with Crippen LogP contribution in [0.2, 0.25) is 0 Å². The minimum atomic E-state index is -3.32. The van der Waals surface area contributed by atoms with Crippen molar-refractivity contribution >= 4 is 9.84 Å². The zero-order valence-corrected chi connectivity index (χ0v) is 18.8. The minimum absolute atomic E-state index is 0.0480. The van der Waals surface area contributed by atoms with Crippen LogP contribution in [-0.2, 0) is 25.1 Å². The van der Waals surface area contributed by atoms with Crippen molar-refractivity contribution in [3.63, 3.8) is 0 Å². The monoisotopic (exact) mass is 452 g/mol. The SMILES string of the molecule is CC(OC1CCC2(CCCCO2)CC1)c1nc(-c2ccc(CS(C)(=O)=O)c(F)c2)no1. The molecule has 1 unspecified atom stereocenters. The van der Waals surface area contributed by atoms with E-state index in [2.05, 4.69) is 10.1 Å². The normalized spacial score (nSPS) is 25.6. The Balaban J connectivity index is 1.37. The summed E-state index contributed by atoms with van der Waals surface area (Å²) in [6.45, 7) is 2.73. The van der Waals surface area contributed by atoms with E-state index in [0.717, 1.165) is 51.4 Å². The van der Waals surface area contributed by atoms with Crippen molar-refractivity contribution in [1.29, 1.82) is 0 Å². The fraction of sp³-hybridized carbons (Fsp3) is 0.636. The third kappa shape index (κ3) is 5.51. The lowest BCUT2D eigenvalue weighted by Crippen LogP contribution is -2.41. The van der Waals surface area contributed by atoms with Crippen molar-refractivity contribution in [1.82, 2.24) is 10.1 Å². The fourth-order valence-electron chi connectivity index (χ4n) is 4.51. The van der Waals surface area contributed by atoms with Gasteiger partial charge in [0.2, 0.25) is 5.82 Å². The number of sulfone groups is 1. The molecule has 7 nitrogen and oxygen atoms in total. The smallest absolute Gasteiger partial charge is 0.255 e. The van der Waals surface area contributed by atoms with Gasteiger partial charge in [0.1, 0.15) is 11.9 Å². The highest BCUT2D eigenvalue weighted by atomic mass is 32.2. The van der Waals surface area contributed by atoms with E-state index < -0.39 is 15.7 Å². The number of aromatic nitrogens is 2. The maximum Gasteiger partial charge on any atom is 0.255 e. The molecule has 31 heavy (non-hydrogen) atoms. The maximum absolute atomic E-state index is 14.3. The summed E-state index contributed by atoms with van der Waals surface area (Å²) >= 11 is 0. The van der Waals surface area contributed by atoms with E-state index in [4.69, 9.17) is 14.0 Å². The predicted octanol–water partition coefficient (Wildman–Crippen LogP) is 4.38. The summed E-state index contributed by atoms with van der Waals surface area (Å²) in [6, 6.07) is 4.26. The quantitative estimate of drug-likeness (QED) is 0.642. The average Bonchev–Trinajstić information content (AvgIpc) is 3.22. The largest absolute Gasteiger partial charge is 0.375 e. The summed E-state index contributed by atoms with van der Waals surface area (Å²) in [6.07, 6.45) is 8.26. The molecule has 1 aromatic carbocycles. The first kappa shape index (κ1) is 22.4. The Morgan fingerprint density at radius 1 is 1.26 bits per heavy atom. The highest BCUT2D eigenvalue weighted by Crippen LogP contribution is 2.40. The van der Waals surface area contributed by atoms with Gasteiger partial charge in [-0.3, -0.25) is 0 Å². The summed E-state index contributed by atoms with van der Waals surface area (Å²) in [5, 5.41) is 3.94. The van der Waals surface area contributed by atoms with Gasteiger partial charge >= 0.3 is 0 Å². The number of hydrogen-bond acceptors (Lipinski definition) is 7. The molecule has 0 N–H and O–H groups in total. The Morgan fingerprint density at radius 3 is 2.68 bits per heavy atom. The molecule has 170 valence electrons. The van der Waals surface area contributed by atoms with Crippen molar-refractivity contribution in [2.75, 3.05) is 12.9 Å². The Bertz CT molecular complexity index is 1010. The van der Waals surface area contributed by atoms with Gasteiger partial charge in [-0.15, -0.1) is 0 Å². The topological polar surface area (TPSA) is 91.5 Å². The molecule has 0 amide bonds. The zero-order chi connectivity index (χ0) is 22.1. The van der Waals surface area contributed by atoms with Crippen LogP contribution in [0, 0.1) is 5.82 Å². The van der Waals surface area contributed by atoms with E-state index in [1.165, 1.54) is 18.6 Å². The molecule has 2 aliphatic rings. The summed E-state index contributed by atoms with van der Waals surface area (Å²) in [7, 11) is -3.32. The van der Waals surface area contributed by atoms with Crippen LogP contribution >= 0.6 is 0 Å². The van der Waals surface area contributed by atoms with Gasteiger partial charge in [-0.25, -0.2) is 12.8 Å². The summed E-state index contributed by atoms with van der Waals surface area (Å²) in [5.41, 5.74) is 0.585. The number of benzene rings is 1. The second-order valence-corrected chi connectivity index (χ2v) is 10.9. The number of nitrogens with zero attached hydrogens (tertiary/aromatic N) is 2. The predicted molar refractivity (Wildman–Crippen MR) is 113 cm³/mol. The molecular weight excluding hydrogens is 423 g/mol. The van der Waals surface area contributed by atoms with E-state index >= 15 is 0 Å². The molecule has 1 aliphatic heterocycles. The third-order valence-electron chi connectivity index (χ3n) is 6.19. The van der Waals surface area contributed by atoms with Gasteiger partial charge in [0.25, 0.3) is 5.89 Å². The summed E-state index contributed by atoms with van der Waals surface area (Å²) in [4.78, 5) is 4.36. The van der Waals surface area contributed by atoms with Crippen LogP contribution in [0.1, 0.15) is 69.4 Å². The molecule has 1 atom stereocenters. The van der Waals surface area contributed by atoms with E-state index in [9.17, 15) is 12.8 Å². The lowest BCUT2D eigenvalue weighted by atomic mass is 9.78. The van der Waals surface area contributed by atoms with Crippen molar-refractivity contribution in [3.8, 4) is 11.4 Å². The first-order valence-electron chi connectivity index (χ1n) is 10.8. The lowest BCUT2D eigenvalue weighted by molar-refractivity contribution is -0.132. The molecule has 2 heterocycles. The number of halogens is 1. The van der Waals surface area contributed by atoms with Crippen LogP contribution in [-0.4, -0.2) is 43.1 Å². The lowest BCUT2D eigenvalue weighted by Gasteiger charge is -2.42. The van der Waals surface area contributed by atoms with Gasteiger partial charge in [0.15, 0.2) is 9.84 Å².